The van der Waals surface area contributed by atoms with Gasteiger partial charge in [0, 0.05) is 13.0 Å². The maximum absolute atomic E-state index is 12.1. The highest BCUT2D eigenvalue weighted by atomic mass is 16.6. The van der Waals surface area contributed by atoms with Crippen molar-refractivity contribution in [3.05, 3.63) is 60.8 Å². The lowest BCUT2D eigenvalue weighted by molar-refractivity contribution is -0.154. The number of esters is 1. The molecule has 0 aromatic carbocycles. The Morgan fingerprint density at radius 2 is 1.07 bits per heavy atom. The Labute approximate surface area is 260 Å². The molecule has 242 valence electrons. The maximum atomic E-state index is 12.1. The zero-order valence-electron chi connectivity index (χ0n) is 27.5. The number of hydrogen-bond donors (Lipinski definition) is 1. The Morgan fingerprint density at radius 3 is 1.62 bits per heavy atom. The molecule has 0 aliphatic carbocycles. The summed E-state index contributed by atoms with van der Waals surface area (Å²) in [5.41, 5.74) is 0. The Bertz CT molecular complexity index is 704. The van der Waals surface area contributed by atoms with Crippen molar-refractivity contribution in [2.75, 3.05) is 19.8 Å². The van der Waals surface area contributed by atoms with Crippen LogP contribution >= 0.6 is 0 Å². The molecule has 0 aromatic heterocycles. The molecule has 4 nitrogen and oxygen atoms in total. The number of aliphatic hydroxyl groups is 1. The van der Waals surface area contributed by atoms with Gasteiger partial charge in [0.15, 0.2) is 0 Å². The van der Waals surface area contributed by atoms with E-state index in [4.69, 9.17) is 9.47 Å². The molecule has 1 atom stereocenters. The molecule has 0 rings (SSSR count). The lowest BCUT2D eigenvalue weighted by Gasteiger charge is -2.15. The van der Waals surface area contributed by atoms with Crippen LogP contribution in [0, 0.1) is 0 Å². The molecule has 0 aromatic rings. The second-order valence-corrected chi connectivity index (χ2v) is 11.2. The van der Waals surface area contributed by atoms with Gasteiger partial charge >= 0.3 is 5.97 Å². The van der Waals surface area contributed by atoms with Crippen LogP contribution in [0.2, 0.25) is 0 Å². The minimum Gasteiger partial charge on any atom is -0.457 e. The third-order valence-electron chi connectivity index (χ3n) is 7.11. The van der Waals surface area contributed by atoms with Gasteiger partial charge in [0.1, 0.15) is 6.10 Å². The van der Waals surface area contributed by atoms with Gasteiger partial charge in [-0.25, -0.2) is 0 Å². The first-order valence-corrected chi connectivity index (χ1v) is 17.4. The third kappa shape index (κ3) is 32.6. The molecule has 0 radical (unpaired) electrons. The van der Waals surface area contributed by atoms with Crippen molar-refractivity contribution >= 4 is 5.97 Å². The highest BCUT2D eigenvalue weighted by Gasteiger charge is 2.13. The number of carbonyl (C=O) groups excluding carboxylic acids is 1. The van der Waals surface area contributed by atoms with E-state index < -0.39 is 6.10 Å². The molecule has 0 aliphatic rings. The molecule has 0 aliphatic heterocycles. The van der Waals surface area contributed by atoms with E-state index in [1.807, 2.05) is 0 Å². The average Bonchev–Trinajstić information content (AvgIpc) is 3.00. The smallest absolute Gasteiger partial charge is 0.306 e. The molecule has 0 bridgehead atoms. The van der Waals surface area contributed by atoms with Gasteiger partial charge in [0.2, 0.25) is 0 Å². The van der Waals surface area contributed by atoms with Crippen LogP contribution in [-0.2, 0) is 14.3 Å². The van der Waals surface area contributed by atoms with Gasteiger partial charge in [-0.3, -0.25) is 4.79 Å². The number of hydrogen-bond acceptors (Lipinski definition) is 4. The van der Waals surface area contributed by atoms with Crippen molar-refractivity contribution < 1.29 is 19.4 Å². The molecule has 0 spiro atoms. The average molecular weight is 587 g/mol. The summed E-state index contributed by atoms with van der Waals surface area (Å²) in [5.74, 6) is -0.223. The standard InChI is InChI=1S/C38H66O4/c1-3-5-7-9-11-13-14-15-16-17-18-19-20-21-22-23-24-25-27-29-31-33-38(40)42-37(35-39)36-41-34-32-30-28-26-12-10-8-6-4-2/h5,7,11,13,15-16,18-19,21-22,37,39H,3-4,6,8-10,12,14,17,20,23-36H2,1-2H3/b7-5-,13-11-,16-15-,19-18-,22-21-. The van der Waals surface area contributed by atoms with Crippen molar-refractivity contribution in [1.29, 1.82) is 0 Å². The molecule has 42 heavy (non-hydrogen) atoms. The summed E-state index contributed by atoms with van der Waals surface area (Å²) in [6, 6.07) is 0. The summed E-state index contributed by atoms with van der Waals surface area (Å²) in [7, 11) is 0. The van der Waals surface area contributed by atoms with Gasteiger partial charge in [-0.1, -0.05) is 145 Å². The van der Waals surface area contributed by atoms with Crippen molar-refractivity contribution in [3.63, 3.8) is 0 Å². The highest BCUT2D eigenvalue weighted by Crippen LogP contribution is 2.11. The molecule has 0 heterocycles. The first kappa shape index (κ1) is 40.1. The van der Waals surface area contributed by atoms with Gasteiger partial charge < -0.3 is 14.6 Å². The summed E-state index contributed by atoms with van der Waals surface area (Å²) in [6.45, 7) is 5.18. The third-order valence-corrected chi connectivity index (χ3v) is 7.11. The SMILES string of the molecule is CC/C=C\C/C=C\C/C=C\C/C=C\C/C=C\CCCCCCCC(=O)OC(CO)COCCCCCCCCCCC. The molecular formula is C38H66O4. The fourth-order valence-corrected chi connectivity index (χ4v) is 4.53. The second kappa shape index (κ2) is 35.3. The Morgan fingerprint density at radius 1 is 0.595 bits per heavy atom. The lowest BCUT2D eigenvalue weighted by Crippen LogP contribution is -2.27. The van der Waals surface area contributed by atoms with Crippen LogP contribution < -0.4 is 0 Å². The maximum Gasteiger partial charge on any atom is 0.306 e. The first-order valence-electron chi connectivity index (χ1n) is 17.4. The molecule has 1 unspecified atom stereocenters. The highest BCUT2D eigenvalue weighted by molar-refractivity contribution is 5.69. The molecule has 4 heteroatoms. The van der Waals surface area contributed by atoms with E-state index in [1.165, 1.54) is 64.2 Å². The van der Waals surface area contributed by atoms with Crippen molar-refractivity contribution in [2.24, 2.45) is 0 Å². The zero-order valence-corrected chi connectivity index (χ0v) is 27.5. The van der Waals surface area contributed by atoms with Crippen LogP contribution in [0.1, 0.15) is 149 Å². The molecule has 1 N–H and O–H groups in total. The number of rotatable bonds is 31. The van der Waals surface area contributed by atoms with Crippen LogP contribution in [0.25, 0.3) is 0 Å². The van der Waals surface area contributed by atoms with E-state index in [0.29, 0.717) is 13.0 Å². The summed E-state index contributed by atoms with van der Waals surface area (Å²) < 4.78 is 11.0. The summed E-state index contributed by atoms with van der Waals surface area (Å²) in [5, 5.41) is 9.51. The number of carbonyl (C=O) groups is 1. The predicted molar refractivity (Wildman–Crippen MR) is 182 cm³/mol. The van der Waals surface area contributed by atoms with Gasteiger partial charge in [-0.2, -0.15) is 0 Å². The topological polar surface area (TPSA) is 55.8 Å². The van der Waals surface area contributed by atoms with Crippen LogP contribution in [0.3, 0.4) is 0 Å². The Hall–Kier alpha value is -1.91. The zero-order chi connectivity index (χ0) is 30.6. The fourth-order valence-electron chi connectivity index (χ4n) is 4.53. The lowest BCUT2D eigenvalue weighted by atomic mass is 10.1. The van der Waals surface area contributed by atoms with Crippen molar-refractivity contribution in [3.8, 4) is 0 Å². The summed E-state index contributed by atoms with van der Waals surface area (Å²) in [4.78, 5) is 12.1. The number of unbranched alkanes of at least 4 members (excludes halogenated alkanes) is 13. The first-order chi connectivity index (χ1) is 20.7. The van der Waals surface area contributed by atoms with E-state index in [-0.39, 0.29) is 19.2 Å². The summed E-state index contributed by atoms with van der Waals surface area (Å²) in [6.07, 6.45) is 45.4. The van der Waals surface area contributed by atoms with E-state index >= 15 is 0 Å². The molecule has 0 amide bonds. The largest absolute Gasteiger partial charge is 0.457 e. The minimum atomic E-state index is -0.542. The molecular weight excluding hydrogens is 520 g/mol. The normalized spacial score (nSPS) is 13.1. The summed E-state index contributed by atoms with van der Waals surface area (Å²) >= 11 is 0. The minimum absolute atomic E-state index is 0.181. The molecule has 0 saturated carbocycles. The van der Waals surface area contributed by atoms with Gasteiger partial charge in [0.25, 0.3) is 0 Å². The van der Waals surface area contributed by atoms with Gasteiger partial charge in [-0.15, -0.1) is 0 Å². The van der Waals surface area contributed by atoms with Crippen molar-refractivity contribution in [2.45, 2.75) is 155 Å². The van der Waals surface area contributed by atoms with E-state index in [1.54, 1.807) is 0 Å². The molecule has 0 saturated heterocycles. The van der Waals surface area contributed by atoms with Gasteiger partial charge in [-0.05, 0) is 57.8 Å². The predicted octanol–water partition coefficient (Wildman–Crippen LogP) is 10.9. The number of aliphatic hydroxyl groups excluding tert-OH is 1. The van der Waals surface area contributed by atoms with Crippen molar-refractivity contribution in [1.82, 2.24) is 0 Å². The van der Waals surface area contributed by atoms with Crippen LogP contribution in [0.5, 0.6) is 0 Å². The van der Waals surface area contributed by atoms with Crippen LogP contribution in [0.4, 0.5) is 0 Å². The van der Waals surface area contributed by atoms with Crippen LogP contribution in [0.15, 0.2) is 60.8 Å². The van der Waals surface area contributed by atoms with E-state index in [0.717, 1.165) is 64.2 Å². The van der Waals surface area contributed by atoms with Crippen LogP contribution in [-0.4, -0.2) is 37.0 Å². The Balaban J connectivity index is 3.55. The molecule has 0 fully saturated rings. The Kier molecular flexibility index (Phi) is 33.7. The number of allylic oxidation sites excluding steroid dienone is 10. The number of ether oxygens (including phenoxy) is 2. The second-order valence-electron chi connectivity index (χ2n) is 11.2. The van der Waals surface area contributed by atoms with E-state index in [9.17, 15) is 9.90 Å². The fraction of sp³-hybridized carbons (Fsp3) is 0.711. The quantitative estimate of drug-likeness (QED) is 0.0499. The van der Waals surface area contributed by atoms with E-state index in [2.05, 4.69) is 74.6 Å². The monoisotopic (exact) mass is 586 g/mol. The van der Waals surface area contributed by atoms with Gasteiger partial charge in [0.05, 0.1) is 13.2 Å².